The Hall–Kier alpha value is -0.570. The fourth-order valence-corrected chi connectivity index (χ4v) is 1.89. The maximum Gasteiger partial charge on any atom is 0.246 e. The first-order valence-corrected chi connectivity index (χ1v) is 4.02. The van der Waals surface area contributed by atoms with Gasteiger partial charge in [0.2, 0.25) is 5.91 Å². The molecule has 0 aromatic rings. The molecule has 0 bridgehead atoms. The maximum atomic E-state index is 11.1. The third-order valence-electron chi connectivity index (χ3n) is 2.68. The third-order valence-corrected chi connectivity index (χ3v) is 2.68. The normalized spacial score (nSPS) is 28.5. The highest BCUT2D eigenvalue weighted by Crippen LogP contribution is 2.42. The minimum atomic E-state index is -0.229. The van der Waals surface area contributed by atoms with Crippen LogP contribution in [-0.2, 0) is 4.79 Å². The Kier molecular flexibility index (Phi) is 2.18. The van der Waals surface area contributed by atoms with E-state index in [-0.39, 0.29) is 17.2 Å². The zero-order chi connectivity index (χ0) is 8.48. The van der Waals surface area contributed by atoms with Crippen molar-refractivity contribution in [3.63, 3.8) is 0 Å². The summed E-state index contributed by atoms with van der Waals surface area (Å²) >= 11 is 0. The predicted molar refractivity (Wildman–Crippen MR) is 41.1 cm³/mol. The highest BCUT2D eigenvalue weighted by molar-refractivity contribution is 5.78. The van der Waals surface area contributed by atoms with Gasteiger partial charge in [-0.1, -0.05) is 20.3 Å². The van der Waals surface area contributed by atoms with Gasteiger partial charge in [-0.05, 0) is 18.3 Å². The summed E-state index contributed by atoms with van der Waals surface area (Å²) in [6, 6.07) is 0. The molecule has 0 saturated heterocycles. The summed E-state index contributed by atoms with van der Waals surface area (Å²) in [5.74, 6) is -0.236. The lowest BCUT2D eigenvalue weighted by atomic mass is 9.81. The van der Waals surface area contributed by atoms with Crippen molar-refractivity contribution >= 4 is 5.91 Å². The Morgan fingerprint density at radius 2 is 2.27 bits per heavy atom. The van der Waals surface area contributed by atoms with Crippen molar-refractivity contribution in [2.75, 3.05) is 0 Å². The second-order valence-corrected chi connectivity index (χ2v) is 3.91. The van der Waals surface area contributed by atoms with Gasteiger partial charge < -0.3 is 0 Å². The van der Waals surface area contributed by atoms with Crippen LogP contribution in [0.3, 0.4) is 0 Å². The molecule has 11 heavy (non-hydrogen) atoms. The second kappa shape index (κ2) is 2.81. The molecule has 1 amide bonds. The van der Waals surface area contributed by atoms with Crippen LogP contribution in [0.2, 0.25) is 0 Å². The first-order valence-electron chi connectivity index (χ1n) is 4.02. The SMILES string of the molecule is CC1(C)CCCC1C(=O)NO. The van der Waals surface area contributed by atoms with Crippen molar-refractivity contribution in [1.82, 2.24) is 5.48 Å². The Bertz CT molecular complexity index is 165. The standard InChI is InChI=1S/C8H15NO2/c1-8(2)5-3-4-6(8)7(10)9-11/h6,11H,3-5H2,1-2H3,(H,9,10). The van der Waals surface area contributed by atoms with E-state index in [1.807, 2.05) is 0 Å². The summed E-state index contributed by atoms with van der Waals surface area (Å²) in [5.41, 5.74) is 1.79. The van der Waals surface area contributed by atoms with Gasteiger partial charge in [-0.15, -0.1) is 0 Å². The highest BCUT2D eigenvalue weighted by atomic mass is 16.5. The number of amides is 1. The number of hydrogen-bond donors (Lipinski definition) is 2. The first kappa shape index (κ1) is 8.53. The van der Waals surface area contributed by atoms with E-state index in [1.54, 1.807) is 5.48 Å². The van der Waals surface area contributed by atoms with Gasteiger partial charge in [-0.25, -0.2) is 5.48 Å². The minimum absolute atomic E-state index is 0.00694. The number of carbonyl (C=O) groups is 1. The van der Waals surface area contributed by atoms with E-state index in [1.165, 1.54) is 0 Å². The van der Waals surface area contributed by atoms with Crippen molar-refractivity contribution in [3.05, 3.63) is 0 Å². The molecule has 0 aliphatic heterocycles. The quantitative estimate of drug-likeness (QED) is 0.445. The number of rotatable bonds is 1. The van der Waals surface area contributed by atoms with E-state index >= 15 is 0 Å². The average Bonchev–Trinajstić information content (AvgIpc) is 2.28. The zero-order valence-corrected chi connectivity index (χ0v) is 7.05. The van der Waals surface area contributed by atoms with Crippen LogP contribution >= 0.6 is 0 Å². The smallest absolute Gasteiger partial charge is 0.246 e. The Morgan fingerprint density at radius 1 is 1.64 bits per heavy atom. The van der Waals surface area contributed by atoms with Crippen LogP contribution in [0.15, 0.2) is 0 Å². The molecular weight excluding hydrogens is 142 g/mol. The Labute approximate surface area is 66.7 Å². The Balaban J connectivity index is 2.64. The summed E-state index contributed by atoms with van der Waals surface area (Å²) in [6.07, 6.45) is 3.07. The molecule has 1 fully saturated rings. The highest BCUT2D eigenvalue weighted by Gasteiger charge is 2.38. The van der Waals surface area contributed by atoms with Crippen LogP contribution in [0, 0.1) is 11.3 Å². The van der Waals surface area contributed by atoms with Gasteiger partial charge in [0, 0.05) is 5.92 Å². The van der Waals surface area contributed by atoms with Crippen molar-refractivity contribution < 1.29 is 10.0 Å². The molecule has 3 nitrogen and oxygen atoms in total. The summed E-state index contributed by atoms with van der Waals surface area (Å²) < 4.78 is 0. The molecule has 1 unspecified atom stereocenters. The summed E-state index contributed by atoms with van der Waals surface area (Å²) in [7, 11) is 0. The lowest BCUT2D eigenvalue weighted by Crippen LogP contribution is -2.34. The van der Waals surface area contributed by atoms with Gasteiger partial charge in [0.1, 0.15) is 0 Å². The van der Waals surface area contributed by atoms with E-state index in [0.717, 1.165) is 19.3 Å². The fourth-order valence-electron chi connectivity index (χ4n) is 1.89. The third kappa shape index (κ3) is 1.53. The molecule has 0 radical (unpaired) electrons. The predicted octanol–water partition coefficient (Wildman–Crippen LogP) is 1.32. The zero-order valence-electron chi connectivity index (χ0n) is 7.05. The van der Waals surface area contributed by atoms with Gasteiger partial charge in [0.25, 0.3) is 0 Å². The molecule has 2 N–H and O–H groups in total. The maximum absolute atomic E-state index is 11.1. The topological polar surface area (TPSA) is 49.3 Å². The van der Waals surface area contributed by atoms with Crippen molar-refractivity contribution in [3.8, 4) is 0 Å². The molecule has 0 aromatic carbocycles. The monoisotopic (exact) mass is 157 g/mol. The van der Waals surface area contributed by atoms with Gasteiger partial charge >= 0.3 is 0 Å². The van der Waals surface area contributed by atoms with Crippen LogP contribution in [0.1, 0.15) is 33.1 Å². The fraction of sp³-hybridized carbons (Fsp3) is 0.875. The molecule has 1 rings (SSSR count). The number of carbonyl (C=O) groups excluding carboxylic acids is 1. The van der Waals surface area contributed by atoms with E-state index in [4.69, 9.17) is 5.21 Å². The van der Waals surface area contributed by atoms with E-state index in [2.05, 4.69) is 13.8 Å². The van der Waals surface area contributed by atoms with Gasteiger partial charge in [0.05, 0.1) is 0 Å². The Morgan fingerprint density at radius 3 is 2.64 bits per heavy atom. The van der Waals surface area contributed by atoms with Crippen LogP contribution in [0.4, 0.5) is 0 Å². The molecular formula is C8H15NO2. The number of hydrogen-bond acceptors (Lipinski definition) is 2. The van der Waals surface area contributed by atoms with E-state index < -0.39 is 0 Å². The van der Waals surface area contributed by atoms with Gasteiger partial charge in [0.15, 0.2) is 0 Å². The van der Waals surface area contributed by atoms with Crippen LogP contribution < -0.4 is 5.48 Å². The average molecular weight is 157 g/mol. The van der Waals surface area contributed by atoms with Crippen LogP contribution in [0.25, 0.3) is 0 Å². The van der Waals surface area contributed by atoms with Crippen LogP contribution in [0.5, 0.6) is 0 Å². The molecule has 1 saturated carbocycles. The molecule has 0 spiro atoms. The molecule has 1 aliphatic rings. The van der Waals surface area contributed by atoms with Gasteiger partial charge in [-0.3, -0.25) is 10.0 Å². The van der Waals surface area contributed by atoms with E-state index in [0.29, 0.717) is 0 Å². The van der Waals surface area contributed by atoms with Crippen LogP contribution in [-0.4, -0.2) is 11.1 Å². The summed E-state index contributed by atoms with van der Waals surface area (Å²) in [5, 5.41) is 8.43. The molecule has 1 aliphatic carbocycles. The number of hydroxylamine groups is 1. The summed E-state index contributed by atoms with van der Waals surface area (Å²) in [4.78, 5) is 11.1. The molecule has 3 heteroatoms. The van der Waals surface area contributed by atoms with E-state index in [9.17, 15) is 4.79 Å². The first-order chi connectivity index (χ1) is 5.08. The second-order valence-electron chi connectivity index (χ2n) is 3.91. The summed E-state index contributed by atoms with van der Waals surface area (Å²) in [6.45, 7) is 4.14. The molecule has 1 atom stereocenters. The lowest BCUT2D eigenvalue weighted by Gasteiger charge is -2.24. The van der Waals surface area contributed by atoms with Crippen molar-refractivity contribution in [2.24, 2.45) is 11.3 Å². The van der Waals surface area contributed by atoms with Crippen molar-refractivity contribution in [2.45, 2.75) is 33.1 Å². The number of nitrogens with one attached hydrogen (secondary N) is 1. The largest absolute Gasteiger partial charge is 0.289 e. The lowest BCUT2D eigenvalue weighted by molar-refractivity contribution is -0.136. The van der Waals surface area contributed by atoms with Crippen molar-refractivity contribution in [1.29, 1.82) is 0 Å². The molecule has 0 aromatic heterocycles. The van der Waals surface area contributed by atoms with Gasteiger partial charge in [-0.2, -0.15) is 0 Å². The minimum Gasteiger partial charge on any atom is -0.289 e. The molecule has 0 heterocycles. The molecule has 64 valence electrons.